The molecule has 0 bridgehead atoms. The van der Waals surface area contributed by atoms with Crippen LogP contribution in [-0.2, 0) is 6.18 Å². The van der Waals surface area contributed by atoms with E-state index >= 15 is 0 Å². The molecule has 0 spiro atoms. The average Bonchev–Trinajstić information content (AvgIpc) is 2.82. The molecule has 0 saturated heterocycles. The van der Waals surface area contributed by atoms with Crippen LogP contribution in [0.2, 0.25) is 0 Å². The Morgan fingerprint density at radius 3 is 2.56 bits per heavy atom. The van der Waals surface area contributed by atoms with Gasteiger partial charge in [0.15, 0.2) is 5.76 Å². The van der Waals surface area contributed by atoms with Gasteiger partial charge in [0.2, 0.25) is 0 Å². The molecule has 2 heterocycles. The van der Waals surface area contributed by atoms with Crippen molar-refractivity contribution in [2.75, 3.05) is 5.32 Å². The molecule has 0 radical (unpaired) electrons. The van der Waals surface area contributed by atoms with E-state index in [4.69, 9.17) is 4.42 Å². The summed E-state index contributed by atoms with van der Waals surface area (Å²) >= 11 is 0. The van der Waals surface area contributed by atoms with Gasteiger partial charge in [-0.25, -0.2) is 4.98 Å². The molecular weight excluding hydrogens is 249 g/mol. The van der Waals surface area contributed by atoms with Crippen LogP contribution in [0.1, 0.15) is 16.1 Å². The van der Waals surface area contributed by atoms with E-state index in [2.05, 4.69) is 10.3 Å². The number of anilines is 1. The van der Waals surface area contributed by atoms with E-state index in [0.29, 0.717) is 6.20 Å². The Hall–Kier alpha value is -2.31. The number of hydrogen-bond acceptors (Lipinski definition) is 3. The highest BCUT2D eigenvalue weighted by Crippen LogP contribution is 2.28. The van der Waals surface area contributed by atoms with Gasteiger partial charge in [-0.2, -0.15) is 13.2 Å². The summed E-state index contributed by atoms with van der Waals surface area (Å²) in [4.78, 5) is 15.0. The highest BCUT2D eigenvalue weighted by Gasteiger charge is 2.30. The van der Waals surface area contributed by atoms with Crippen molar-refractivity contribution in [2.24, 2.45) is 0 Å². The largest absolute Gasteiger partial charge is 0.459 e. The van der Waals surface area contributed by atoms with Gasteiger partial charge in [-0.05, 0) is 24.3 Å². The number of aromatic nitrogens is 1. The Labute approximate surface area is 99.4 Å². The third-order valence-electron chi connectivity index (χ3n) is 2.08. The van der Waals surface area contributed by atoms with Crippen molar-refractivity contribution in [1.82, 2.24) is 4.98 Å². The van der Waals surface area contributed by atoms with E-state index in [0.717, 1.165) is 12.1 Å². The first kappa shape index (κ1) is 12.2. The van der Waals surface area contributed by atoms with Gasteiger partial charge in [0.1, 0.15) is 5.82 Å². The van der Waals surface area contributed by atoms with Crippen molar-refractivity contribution in [2.45, 2.75) is 6.18 Å². The fourth-order valence-corrected chi connectivity index (χ4v) is 1.22. The van der Waals surface area contributed by atoms with Crippen LogP contribution in [0.25, 0.3) is 0 Å². The lowest BCUT2D eigenvalue weighted by Crippen LogP contribution is -2.13. The van der Waals surface area contributed by atoms with Gasteiger partial charge in [0.05, 0.1) is 11.8 Å². The molecular formula is C11H7F3N2O2. The number of halogens is 3. The van der Waals surface area contributed by atoms with Gasteiger partial charge in [-0.3, -0.25) is 4.79 Å². The van der Waals surface area contributed by atoms with Gasteiger partial charge in [0, 0.05) is 6.20 Å². The Bertz CT molecular complexity index is 532. The van der Waals surface area contributed by atoms with Crippen LogP contribution in [0, 0.1) is 0 Å². The number of alkyl halides is 3. The van der Waals surface area contributed by atoms with Crippen molar-refractivity contribution in [1.29, 1.82) is 0 Å². The molecule has 2 aromatic heterocycles. The van der Waals surface area contributed by atoms with Crippen molar-refractivity contribution < 1.29 is 22.4 Å². The zero-order chi connectivity index (χ0) is 13.2. The van der Waals surface area contributed by atoms with Gasteiger partial charge in [-0.15, -0.1) is 0 Å². The van der Waals surface area contributed by atoms with Crippen LogP contribution in [-0.4, -0.2) is 10.9 Å². The molecule has 0 aliphatic rings. The zero-order valence-corrected chi connectivity index (χ0v) is 8.86. The molecule has 2 rings (SSSR count). The molecule has 0 aromatic carbocycles. The second kappa shape index (κ2) is 4.52. The second-order valence-electron chi connectivity index (χ2n) is 3.36. The highest BCUT2D eigenvalue weighted by atomic mass is 19.4. The third kappa shape index (κ3) is 2.68. The van der Waals surface area contributed by atoms with Gasteiger partial charge in [0.25, 0.3) is 5.91 Å². The Morgan fingerprint density at radius 2 is 2.06 bits per heavy atom. The second-order valence-corrected chi connectivity index (χ2v) is 3.36. The quantitative estimate of drug-likeness (QED) is 0.898. The van der Waals surface area contributed by atoms with E-state index in [1.807, 2.05) is 0 Å². The number of rotatable bonds is 2. The Kier molecular flexibility index (Phi) is 3.05. The molecule has 0 aliphatic heterocycles. The third-order valence-corrected chi connectivity index (χ3v) is 2.08. The molecule has 2 aromatic rings. The maximum Gasteiger partial charge on any atom is 0.417 e. The minimum Gasteiger partial charge on any atom is -0.459 e. The van der Waals surface area contributed by atoms with Crippen LogP contribution in [0.3, 0.4) is 0 Å². The predicted molar refractivity (Wildman–Crippen MR) is 55.9 cm³/mol. The van der Waals surface area contributed by atoms with E-state index < -0.39 is 17.6 Å². The monoisotopic (exact) mass is 256 g/mol. The van der Waals surface area contributed by atoms with Crippen LogP contribution in [0.5, 0.6) is 0 Å². The number of hydrogen-bond donors (Lipinski definition) is 1. The number of amides is 1. The number of carbonyl (C=O) groups is 1. The van der Waals surface area contributed by atoms with Crippen molar-refractivity contribution >= 4 is 11.7 Å². The summed E-state index contributed by atoms with van der Waals surface area (Å²) in [6.07, 6.45) is -2.48. The van der Waals surface area contributed by atoms with Crippen LogP contribution >= 0.6 is 0 Å². The number of carbonyl (C=O) groups excluding carboxylic acids is 1. The fraction of sp³-hybridized carbons (Fsp3) is 0.0909. The summed E-state index contributed by atoms with van der Waals surface area (Å²) in [5.41, 5.74) is -0.876. The summed E-state index contributed by atoms with van der Waals surface area (Å²) in [7, 11) is 0. The summed E-state index contributed by atoms with van der Waals surface area (Å²) < 4.78 is 41.6. The standard InChI is InChI=1S/C11H7F3N2O2/c12-11(13,14)7-3-4-9(15-6-7)16-10(17)8-2-1-5-18-8/h1-6H,(H,15,16,17). The number of nitrogens with zero attached hydrogens (tertiary/aromatic N) is 1. The van der Waals surface area contributed by atoms with Gasteiger partial charge < -0.3 is 9.73 Å². The van der Waals surface area contributed by atoms with Gasteiger partial charge >= 0.3 is 6.18 Å². The Morgan fingerprint density at radius 1 is 1.28 bits per heavy atom. The van der Waals surface area contributed by atoms with E-state index in [9.17, 15) is 18.0 Å². The zero-order valence-electron chi connectivity index (χ0n) is 8.86. The van der Waals surface area contributed by atoms with E-state index in [1.165, 1.54) is 18.4 Å². The van der Waals surface area contributed by atoms with Gasteiger partial charge in [-0.1, -0.05) is 0 Å². The Balaban J connectivity index is 2.09. The smallest absolute Gasteiger partial charge is 0.417 e. The van der Waals surface area contributed by atoms with E-state index in [-0.39, 0.29) is 11.6 Å². The SMILES string of the molecule is O=C(Nc1ccc(C(F)(F)F)cn1)c1ccco1. The molecule has 0 saturated carbocycles. The lowest BCUT2D eigenvalue weighted by Gasteiger charge is -2.07. The molecule has 7 heteroatoms. The van der Waals surface area contributed by atoms with Crippen LogP contribution < -0.4 is 5.32 Å². The molecule has 4 nitrogen and oxygen atoms in total. The molecule has 0 unspecified atom stereocenters. The number of furan rings is 1. The summed E-state index contributed by atoms with van der Waals surface area (Å²) in [6.45, 7) is 0. The maximum atomic E-state index is 12.3. The first-order chi connectivity index (χ1) is 8.47. The lowest BCUT2D eigenvalue weighted by molar-refractivity contribution is -0.137. The molecule has 0 atom stereocenters. The van der Waals surface area contributed by atoms with Crippen LogP contribution in [0.15, 0.2) is 41.1 Å². The molecule has 0 fully saturated rings. The minimum absolute atomic E-state index is 0.0180. The minimum atomic E-state index is -4.45. The first-order valence-electron chi connectivity index (χ1n) is 4.85. The average molecular weight is 256 g/mol. The van der Waals surface area contributed by atoms with E-state index in [1.54, 1.807) is 0 Å². The number of nitrogens with one attached hydrogen (secondary N) is 1. The molecule has 94 valence electrons. The normalized spacial score (nSPS) is 11.3. The molecule has 0 aliphatic carbocycles. The molecule has 1 amide bonds. The summed E-state index contributed by atoms with van der Waals surface area (Å²) in [6, 6.07) is 4.86. The lowest BCUT2D eigenvalue weighted by atomic mass is 10.3. The van der Waals surface area contributed by atoms with Crippen molar-refractivity contribution in [3.05, 3.63) is 48.0 Å². The summed E-state index contributed by atoms with van der Waals surface area (Å²) in [5.74, 6) is -0.506. The fourth-order valence-electron chi connectivity index (χ4n) is 1.22. The topological polar surface area (TPSA) is 55.1 Å². The van der Waals surface area contributed by atoms with Crippen molar-refractivity contribution in [3.63, 3.8) is 0 Å². The predicted octanol–water partition coefficient (Wildman–Crippen LogP) is 2.95. The number of pyridine rings is 1. The van der Waals surface area contributed by atoms with Crippen molar-refractivity contribution in [3.8, 4) is 0 Å². The molecule has 18 heavy (non-hydrogen) atoms. The summed E-state index contributed by atoms with van der Waals surface area (Å²) in [5, 5.41) is 2.31. The van der Waals surface area contributed by atoms with Crippen LogP contribution in [0.4, 0.5) is 19.0 Å². The maximum absolute atomic E-state index is 12.3. The molecule has 1 N–H and O–H groups in total. The first-order valence-corrected chi connectivity index (χ1v) is 4.85. The highest BCUT2D eigenvalue weighted by molar-refractivity contribution is 6.01.